The first-order valence-electron chi connectivity index (χ1n) is 8.01. The van der Waals surface area contributed by atoms with Crippen molar-refractivity contribution in [2.45, 2.75) is 0 Å². The molecule has 0 aromatic heterocycles. The number of halogens is 2. The fourth-order valence-corrected chi connectivity index (χ4v) is 4.63. The van der Waals surface area contributed by atoms with Gasteiger partial charge in [0.15, 0.2) is 0 Å². The summed E-state index contributed by atoms with van der Waals surface area (Å²) in [6, 6.07) is 24.8. The normalized spacial score (nSPS) is 15.0. The molecule has 0 nitrogen and oxygen atoms in total. The summed E-state index contributed by atoms with van der Waals surface area (Å²) >= 11 is 12.5. The smallest absolute Gasteiger partial charge is 0.0669 e. The summed E-state index contributed by atoms with van der Waals surface area (Å²) in [4.78, 5) is 0. The lowest BCUT2D eigenvalue weighted by molar-refractivity contribution is 1.61. The number of rotatable bonds is 3. The van der Waals surface area contributed by atoms with Crippen molar-refractivity contribution in [2.24, 2.45) is 0 Å². The van der Waals surface area contributed by atoms with Crippen LogP contribution in [0.15, 0.2) is 78.6 Å². The highest BCUT2D eigenvalue weighted by Crippen LogP contribution is 2.43. The van der Waals surface area contributed by atoms with Gasteiger partial charge in [-0.2, -0.15) is 0 Å². The Bertz CT molecular complexity index is 988. The molecule has 3 aromatic rings. The highest BCUT2D eigenvalue weighted by molar-refractivity contribution is 7.51. The van der Waals surface area contributed by atoms with E-state index in [2.05, 4.69) is 60.4 Å². The van der Waals surface area contributed by atoms with Crippen LogP contribution in [0.2, 0.25) is 10.0 Å². The van der Waals surface area contributed by atoms with Gasteiger partial charge in [-0.25, -0.2) is 0 Å². The minimum Gasteiger partial charge on any atom is -0.0827 e. The van der Waals surface area contributed by atoms with Crippen LogP contribution in [0, 0.1) is 0 Å². The second-order valence-electron chi connectivity index (χ2n) is 5.82. The van der Waals surface area contributed by atoms with Gasteiger partial charge in [0, 0.05) is 0 Å². The summed E-state index contributed by atoms with van der Waals surface area (Å²) in [6.45, 7) is 0. The van der Waals surface area contributed by atoms with Gasteiger partial charge in [0.25, 0.3) is 0 Å². The third kappa shape index (κ3) is 3.31. The Morgan fingerprint density at radius 3 is 2.36 bits per heavy atom. The van der Waals surface area contributed by atoms with Crippen molar-refractivity contribution in [1.29, 1.82) is 0 Å². The first-order chi connectivity index (χ1) is 12.2. The summed E-state index contributed by atoms with van der Waals surface area (Å²) in [6.07, 6.45) is 2.26. The van der Waals surface area contributed by atoms with Crippen molar-refractivity contribution < 1.29 is 0 Å². The average molecular weight is 381 g/mol. The van der Waals surface area contributed by atoms with E-state index in [1.165, 1.54) is 27.8 Å². The molecule has 1 atom stereocenters. The van der Waals surface area contributed by atoms with E-state index in [9.17, 15) is 0 Å². The number of allylic oxidation sites excluding steroid dienone is 2. The summed E-state index contributed by atoms with van der Waals surface area (Å²) in [7, 11) is 0.457. The third-order valence-corrected chi connectivity index (χ3v) is 6.39. The quantitative estimate of drug-likeness (QED) is 0.433. The molecular weight excluding hydrogens is 366 g/mol. The van der Waals surface area contributed by atoms with Crippen LogP contribution in [0.25, 0.3) is 17.2 Å². The third-order valence-electron chi connectivity index (χ3n) is 4.25. The van der Waals surface area contributed by atoms with Crippen LogP contribution in [0.5, 0.6) is 0 Å². The topological polar surface area (TPSA) is 0 Å². The highest BCUT2D eigenvalue weighted by atomic mass is 35.5. The predicted molar refractivity (Wildman–Crippen MR) is 113 cm³/mol. The Morgan fingerprint density at radius 1 is 0.760 bits per heavy atom. The second kappa shape index (κ2) is 7.18. The maximum atomic E-state index is 6.36. The summed E-state index contributed by atoms with van der Waals surface area (Å²) < 4.78 is 0. The number of fused-ring (bicyclic) bond motifs is 1. The number of hydrogen-bond donors (Lipinski definition) is 0. The molecule has 1 aliphatic carbocycles. The molecule has 0 radical (unpaired) electrons. The molecule has 4 rings (SSSR count). The van der Waals surface area contributed by atoms with Crippen LogP contribution in [0.3, 0.4) is 0 Å². The van der Waals surface area contributed by atoms with Crippen molar-refractivity contribution >= 4 is 54.3 Å². The molecule has 1 unspecified atom stereocenters. The van der Waals surface area contributed by atoms with Crippen LogP contribution < -0.4 is 5.30 Å². The Kier molecular flexibility index (Phi) is 4.77. The van der Waals surface area contributed by atoms with Crippen molar-refractivity contribution in [3.05, 3.63) is 105 Å². The highest BCUT2D eigenvalue weighted by Gasteiger charge is 2.19. The van der Waals surface area contributed by atoms with E-state index >= 15 is 0 Å². The monoisotopic (exact) mass is 380 g/mol. The molecule has 3 heteroatoms. The molecule has 122 valence electrons. The van der Waals surface area contributed by atoms with E-state index in [1.54, 1.807) is 0 Å². The van der Waals surface area contributed by atoms with Gasteiger partial charge in [0.2, 0.25) is 0 Å². The van der Waals surface area contributed by atoms with Gasteiger partial charge in [0.1, 0.15) is 0 Å². The molecule has 0 amide bonds. The van der Waals surface area contributed by atoms with Crippen molar-refractivity contribution in [1.82, 2.24) is 0 Å². The van der Waals surface area contributed by atoms with Crippen LogP contribution in [0.1, 0.15) is 16.7 Å². The van der Waals surface area contributed by atoms with Gasteiger partial charge in [0.05, 0.1) is 10.0 Å². The zero-order valence-electron chi connectivity index (χ0n) is 13.3. The summed E-state index contributed by atoms with van der Waals surface area (Å²) in [5.41, 5.74) is 6.28. The second-order valence-corrected chi connectivity index (χ2v) is 7.72. The lowest BCUT2D eigenvalue weighted by atomic mass is 9.99. The van der Waals surface area contributed by atoms with Crippen LogP contribution in [-0.4, -0.2) is 0 Å². The number of hydrogen-bond acceptors (Lipinski definition) is 0. The maximum Gasteiger partial charge on any atom is 0.0669 e. The molecule has 0 aliphatic heterocycles. The Morgan fingerprint density at radius 2 is 1.52 bits per heavy atom. The summed E-state index contributed by atoms with van der Waals surface area (Å²) in [5.74, 6) is 2.28. The zero-order chi connectivity index (χ0) is 17.2. The first-order valence-corrected chi connectivity index (χ1v) is 9.85. The molecule has 0 N–H and O–H groups in total. The largest absolute Gasteiger partial charge is 0.0827 e. The zero-order valence-corrected chi connectivity index (χ0v) is 15.9. The SMILES string of the molecule is Clc1cccc(PC=C2C(c3ccccc3)=Cc3ccccc32)c1Cl. The van der Waals surface area contributed by atoms with Crippen LogP contribution in [-0.2, 0) is 0 Å². The Hall–Kier alpha value is -1.85. The first kappa shape index (κ1) is 16.6. The molecule has 0 spiro atoms. The predicted octanol–water partition coefficient (Wildman–Crippen LogP) is 6.89. The van der Waals surface area contributed by atoms with Crippen LogP contribution >= 0.6 is 31.8 Å². The standard InChI is InChI=1S/C22H15Cl2P/c23-20-11-6-12-21(22(20)24)25-14-19-17-10-5-4-9-16(17)13-18(19)15-7-2-1-3-8-15/h1-14,25H. The minimum atomic E-state index is 0.457. The van der Waals surface area contributed by atoms with Crippen molar-refractivity contribution in [3.63, 3.8) is 0 Å². The fourth-order valence-electron chi connectivity index (χ4n) is 3.02. The van der Waals surface area contributed by atoms with E-state index in [0.717, 1.165) is 5.30 Å². The van der Waals surface area contributed by atoms with Crippen molar-refractivity contribution in [2.75, 3.05) is 0 Å². The van der Waals surface area contributed by atoms with E-state index in [1.807, 2.05) is 24.3 Å². The van der Waals surface area contributed by atoms with Gasteiger partial charge in [-0.1, -0.05) is 104 Å². The molecule has 0 bridgehead atoms. The average Bonchev–Trinajstić information content (AvgIpc) is 3.02. The summed E-state index contributed by atoms with van der Waals surface area (Å²) in [5, 5.41) is 2.32. The Balaban J connectivity index is 1.77. The van der Waals surface area contributed by atoms with Gasteiger partial charge in [-0.05, 0) is 45.3 Å². The maximum absolute atomic E-state index is 6.36. The van der Waals surface area contributed by atoms with E-state index in [-0.39, 0.29) is 0 Å². The minimum absolute atomic E-state index is 0.457. The Labute approximate surface area is 159 Å². The van der Waals surface area contributed by atoms with E-state index in [0.29, 0.717) is 18.6 Å². The molecule has 1 aliphatic rings. The van der Waals surface area contributed by atoms with E-state index < -0.39 is 0 Å². The number of benzene rings is 3. The molecule has 0 saturated heterocycles. The molecule has 0 saturated carbocycles. The molecule has 0 heterocycles. The van der Waals surface area contributed by atoms with Gasteiger partial charge in [-0.3, -0.25) is 0 Å². The molecule has 25 heavy (non-hydrogen) atoms. The lowest BCUT2D eigenvalue weighted by Crippen LogP contribution is -1.95. The van der Waals surface area contributed by atoms with Gasteiger partial charge in [-0.15, -0.1) is 0 Å². The fraction of sp³-hybridized carbons (Fsp3) is 0. The molecule has 0 fully saturated rings. The van der Waals surface area contributed by atoms with Crippen LogP contribution in [0.4, 0.5) is 0 Å². The van der Waals surface area contributed by atoms with E-state index in [4.69, 9.17) is 23.2 Å². The molecular formula is C22H15Cl2P. The lowest BCUT2D eigenvalue weighted by Gasteiger charge is -2.09. The van der Waals surface area contributed by atoms with Crippen molar-refractivity contribution in [3.8, 4) is 0 Å². The molecule has 3 aromatic carbocycles. The van der Waals surface area contributed by atoms with Gasteiger partial charge >= 0.3 is 0 Å². The van der Waals surface area contributed by atoms with Gasteiger partial charge < -0.3 is 0 Å².